The number of rotatable bonds is 3. The highest BCUT2D eigenvalue weighted by atomic mass is 32.2. The van der Waals surface area contributed by atoms with Gasteiger partial charge in [0.25, 0.3) is 0 Å². The first-order valence-corrected chi connectivity index (χ1v) is 7.74. The van der Waals surface area contributed by atoms with E-state index >= 15 is 0 Å². The molecule has 0 heterocycles. The van der Waals surface area contributed by atoms with E-state index in [2.05, 4.69) is 0 Å². The lowest BCUT2D eigenvalue weighted by molar-refractivity contribution is 0.378. The molecule has 4 nitrogen and oxygen atoms in total. The third-order valence-electron chi connectivity index (χ3n) is 3.83. The summed E-state index contributed by atoms with van der Waals surface area (Å²) in [6, 6.07) is 5.85. The lowest BCUT2D eigenvalue weighted by Crippen LogP contribution is -2.47. The first-order chi connectivity index (χ1) is 8.52. The Hall–Kier alpha value is -1.07. The summed E-state index contributed by atoms with van der Waals surface area (Å²) in [5, 5.41) is 9.44. The molecular formula is C13H19NO3S. The van der Waals surface area contributed by atoms with Crippen LogP contribution in [0.25, 0.3) is 0 Å². The first-order valence-electron chi connectivity index (χ1n) is 6.26. The maximum atomic E-state index is 12.7. The maximum Gasteiger partial charge on any atom is 0.185 e. The summed E-state index contributed by atoms with van der Waals surface area (Å²) in [5.41, 5.74) is 5.76. The Labute approximate surface area is 108 Å². The van der Waals surface area contributed by atoms with E-state index in [9.17, 15) is 13.5 Å². The smallest absolute Gasteiger partial charge is 0.185 e. The lowest BCUT2D eigenvalue weighted by Gasteiger charge is -2.35. The van der Waals surface area contributed by atoms with Crippen molar-refractivity contribution in [3.05, 3.63) is 24.3 Å². The highest BCUT2D eigenvalue weighted by Gasteiger charge is 2.44. The van der Waals surface area contributed by atoms with E-state index in [4.69, 9.17) is 5.73 Å². The topological polar surface area (TPSA) is 80.4 Å². The SMILES string of the molecule is NCC1(S(=O)(=O)c2cccc(O)c2)CCCCC1. The summed E-state index contributed by atoms with van der Waals surface area (Å²) < 4.78 is 24.6. The second kappa shape index (κ2) is 4.90. The summed E-state index contributed by atoms with van der Waals surface area (Å²) in [4.78, 5) is 0.176. The zero-order chi connectivity index (χ0) is 13.2. The van der Waals surface area contributed by atoms with Crippen molar-refractivity contribution >= 4 is 9.84 Å². The van der Waals surface area contributed by atoms with Gasteiger partial charge >= 0.3 is 0 Å². The predicted octanol–water partition coefficient (Wildman–Crippen LogP) is 1.83. The van der Waals surface area contributed by atoms with Gasteiger partial charge in [0.1, 0.15) is 5.75 Å². The number of sulfone groups is 1. The number of phenols is 1. The number of aromatic hydroxyl groups is 1. The van der Waals surface area contributed by atoms with Gasteiger partial charge in [0, 0.05) is 6.54 Å². The van der Waals surface area contributed by atoms with Gasteiger partial charge in [-0.2, -0.15) is 0 Å². The maximum absolute atomic E-state index is 12.7. The number of hydrogen-bond acceptors (Lipinski definition) is 4. The Morgan fingerprint density at radius 1 is 1.22 bits per heavy atom. The molecule has 1 aromatic rings. The normalized spacial score (nSPS) is 19.6. The highest BCUT2D eigenvalue weighted by Crippen LogP contribution is 2.38. The van der Waals surface area contributed by atoms with Gasteiger partial charge in [-0.05, 0) is 31.0 Å². The molecule has 0 amide bonds. The van der Waals surface area contributed by atoms with Gasteiger partial charge in [-0.15, -0.1) is 0 Å². The van der Waals surface area contributed by atoms with Gasteiger partial charge < -0.3 is 10.8 Å². The van der Waals surface area contributed by atoms with Gasteiger partial charge in [0.2, 0.25) is 0 Å². The molecule has 5 heteroatoms. The predicted molar refractivity (Wildman–Crippen MR) is 70.2 cm³/mol. The molecule has 1 fully saturated rings. The lowest BCUT2D eigenvalue weighted by atomic mass is 9.88. The van der Waals surface area contributed by atoms with E-state index in [1.807, 2.05) is 0 Å². The largest absolute Gasteiger partial charge is 0.508 e. The van der Waals surface area contributed by atoms with Crippen LogP contribution < -0.4 is 5.73 Å². The molecule has 100 valence electrons. The molecule has 3 N–H and O–H groups in total. The van der Waals surface area contributed by atoms with Gasteiger partial charge in [-0.25, -0.2) is 8.42 Å². The molecule has 1 aliphatic carbocycles. The third kappa shape index (κ3) is 2.12. The Morgan fingerprint density at radius 3 is 2.44 bits per heavy atom. The van der Waals surface area contributed by atoms with Crippen LogP contribution in [0, 0.1) is 0 Å². The first kappa shape index (κ1) is 13.4. The minimum atomic E-state index is -3.48. The molecule has 1 saturated carbocycles. The van der Waals surface area contributed by atoms with E-state index in [-0.39, 0.29) is 17.2 Å². The van der Waals surface area contributed by atoms with Crippen molar-refractivity contribution in [1.82, 2.24) is 0 Å². The molecule has 0 unspecified atom stereocenters. The van der Waals surface area contributed by atoms with Crippen LogP contribution in [0.1, 0.15) is 32.1 Å². The van der Waals surface area contributed by atoms with E-state index in [0.717, 1.165) is 19.3 Å². The third-order valence-corrected chi connectivity index (χ3v) is 6.42. The van der Waals surface area contributed by atoms with Gasteiger partial charge in [0.15, 0.2) is 9.84 Å². The minimum Gasteiger partial charge on any atom is -0.508 e. The van der Waals surface area contributed by atoms with Crippen molar-refractivity contribution in [3.8, 4) is 5.75 Å². The summed E-state index contributed by atoms with van der Waals surface area (Å²) in [6.07, 6.45) is 4.09. The van der Waals surface area contributed by atoms with Crippen molar-refractivity contribution in [2.24, 2.45) is 5.73 Å². The Kier molecular flexibility index (Phi) is 3.64. The fraction of sp³-hybridized carbons (Fsp3) is 0.538. The van der Waals surface area contributed by atoms with Crippen LogP contribution >= 0.6 is 0 Å². The Morgan fingerprint density at radius 2 is 1.89 bits per heavy atom. The molecule has 2 rings (SSSR count). The second-order valence-electron chi connectivity index (χ2n) is 4.95. The molecule has 18 heavy (non-hydrogen) atoms. The molecule has 0 aliphatic heterocycles. The Balaban J connectivity index is 2.46. The highest BCUT2D eigenvalue weighted by molar-refractivity contribution is 7.92. The fourth-order valence-electron chi connectivity index (χ4n) is 2.68. The number of hydrogen-bond donors (Lipinski definition) is 2. The minimum absolute atomic E-state index is 0.0287. The van der Waals surface area contributed by atoms with Gasteiger partial charge in [-0.1, -0.05) is 25.3 Å². The summed E-state index contributed by atoms with van der Waals surface area (Å²) in [6.45, 7) is 0.144. The fourth-order valence-corrected chi connectivity index (χ4v) is 4.76. The van der Waals surface area contributed by atoms with E-state index in [0.29, 0.717) is 12.8 Å². The molecular weight excluding hydrogens is 250 g/mol. The van der Waals surface area contributed by atoms with Gasteiger partial charge in [0.05, 0.1) is 9.64 Å². The summed E-state index contributed by atoms with van der Waals surface area (Å²) >= 11 is 0. The van der Waals surface area contributed by atoms with Crippen molar-refractivity contribution in [3.63, 3.8) is 0 Å². The summed E-state index contributed by atoms with van der Waals surface area (Å²) in [7, 11) is -3.48. The molecule has 0 saturated heterocycles. The van der Waals surface area contributed by atoms with Crippen LogP contribution in [0.2, 0.25) is 0 Å². The molecule has 0 atom stereocenters. The van der Waals surface area contributed by atoms with E-state index in [1.165, 1.54) is 18.2 Å². The standard InChI is InChI=1S/C13H19NO3S/c14-10-13(7-2-1-3-8-13)18(16,17)12-6-4-5-11(15)9-12/h4-6,9,15H,1-3,7-8,10,14H2. The van der Waals surface area contributed by atoms with Crippen molar-refractivity contribution in [2.75, 3.05) is 6.54 Å². The van der Waals surface area contributed by atoms with Crippen molar-refractivity contribution in [1.29, 1.82) is 0 Å². The molecule has 0 aromatic heterocycles. The van der Waals surface area contributed by atoms with Crippen LogP contribution in [-0.2, 0) is 9.84 Å². The van der Waals surface area contributed by atoms with Crippen LogP contribution in [0.5, 0.6) is 5.75 Å². The van der Waals surface area contributed by atoms with Crippen LogP contribution in [0.15, 0.2) is 29.2 Å². The number of benzene rings is 1. The Bertz CT molecular complexity index is 519. The van der Waals surface area contributed by atoms with E-state index in [1.54, 1.807) is 6.07 Å². The second-order valence-corrected chi connectivity index (χ2v) is 7.29. The van der Waals surface area contributed by atoms with Crippen LogP contribution in [-0.4, -0.2) is 24.8 Å². The number of phenolic OH excluding ortho intramolecular Hbond substituents is 1. The zero-order valence-corrected chi connectivity index (χ0v) is 11.1. The average molecular weight is 269 g/mol. The quantitative estimate of drug-likeness (QED) is 0.877. The number of nitrogens with two attached hydrogens (primary N) is 1. The summed E-state index contributed by atoms with van der Waals surface area (Å²) in [5.74, 6) is -0.0287. The zero-order valence-electron chi connectivity index (χ0n) is 10.3. The molecule has 1 aromatic carbocycles. The van der Waals surface area contributed by atoms with Crippen LogP contribution in [0.4, 0.5) is 0 Å². The molecule has 0 radical (unpaired) electrons. The monoisotopic (exact) mass is 269 g/mol. The van der Waals surface area contributed by atoms with E-state index < -0.39 is 14.6 Å². The molecule has 0 bridgehead atoms. The van der Waals surface area contributed by atoms with Gasteiger partial charge in [-0.3, -0.25) is 0 Å². The molecule has 0 spiro atoms. The molecule has 1 aliphatic rings. The van der Waals surface area contributed by atoms with Crippen molar-refractivity contribution < 1.29 is 13.5 Å². The van der Waals surface area contributed by atoms with Crippen molar-refractivity contribution in [2.45, 2.75) is 41.7 Å². The van der Waals surface area contributed by atoms with Crippen LogP contribution in [0.3, 0.4) is 0 Å². The average Bonchev–Trinajstić information content (AvgIpc) is 2.39.